The molecule has 0 aliphatic carbocycles. The zero-order valence-electron chi connectivity index (χ0n) is 12.1. The maximum atomic E-state index is 9.51. The minimum atomic E-state index is 0.0423. The number of nitrogens with zero attached hydrogens (tertiary/aromatic N) is 3. The number of phenols is 1. The van der Waals surface area contributed by atoms with Crippen molar-refractivity contribution in [1.29, 1.82) is 5.26 Å². The van der Waals surface area contributed by atoms with Crippen molar-refractivity contribution in [3.63, 3.8) is 0 Å². The van der Waals surface area contributed by atoms with Gasteiger partial charge < -0.3 is 14.3 Å². The van der Waals surface area contributed by atoms with Gasteiger partial charge in [0, 0.05) is 5.57 Å². The molecule has 2 aromatic rings. The quantitative estimate of drug-likeness (QED) is 0.649. The topological polar surface area (TPSA) is 104 Å². The molecular formula is C15H14N4O3. The first-order valence-corrected chi connectivity index (χ1v) is 6.28. The van der Waals surface area contributed by atoms with Crippen LogP contribution in [0.4, 0.5) is 5.88 Å². The molecular weight excluding hydrogens is 284 g/mol. The Kier molecular flexibility index (Phi) is 4.44. The SMILES string of the molecule is C=C(C)c1nc(C#N)c(N/N=C\c2ccc(O)c(OC)c2)o1. The van der Waals surface area contributed by atoms with Crippen molar-refractivity contribution in [3.8, 4) is 17.6 Å². The van der Waals surface area contributed by atoms with Gasteiger partial charge in [-0.25, -0.2) is 5.43 Å². The Bertz CT molecular complexity index is 772. The predicted molar refractivity (Wildman–Crippen MR) is 81.8 cm³/mol. The third-order valence-electron chi connectivity index (χ3n) is 2.68. The highest BCUT2D eigenvalue weighted by Crippen LogP contribution is 2.25. The molecule has 22 heavy (non-hydrogen) atoms. The van der Waals surface area contributed by atoms with Gasteiger partial charge in [-0.05, 0) is 30.7 Å². The Balaban J connectivity index is 2.16. The Hall–Kier alpha value is -3.27. The van der Waals surface area contributed by atoms with Gasteiger partial charge in [-0.3, -0.25) is 0 Å². The molecule has 0 bridgehead atoms. The number of nitrogens with one attached hydrogen (secondary N) is 1. The molecule has 0 aliphatic heterocycles. The highest BCUT2D eigenvalue weighted by molar-refractivity contribution is 5.81. The molecule has 0 aliphatic rings. The van der Waals surface area contributed by atoms with E-state index in [0.717, 1.165) is 0 Å². The van der Waals surface area contributed by atoms with Crippen molar-refractivity contribution in [2.24, 2.45) is 5.10 Å². The van der Waals surface area contributed by atoms with E-state index in [4.69, 9.17) is 14.4 Å². The zero-order valence-corrected chi connectivity index (χ0v) is 12.1. The molecule has 1 aromatic carbocycles. The number of hydrogen-bond acceptors (Lipinski definition) is 7. The minimum Gasteiger partial charge on any atom is -0.504 e. The number of benzene rings is 1. The van der Waals surface area contributed by atoms with Crippen LogP contribution in [-0.4, -0.2) is 23.4 Å². The smallest absolute Gasteiger partial charge is 0.252 e. The van der Waals surface area contributed by atoms with E-state index in [1.165, 1.54) is 19.4 Å². The first-order chi connectivity index (χ1) is 10.5. The van der Waals surface area contributed by atoms with Crippen LogP contribution in [0.2, 0.25) is 0 Å². The molecule has 0 atom stereocenters. The van der Waals surface area contributed by atoms with Crippen LogP contribution in [0.3, 0.4) is 0 Å². The summed E-state index contributed by atoms with van der Waals surface area (Å²) in [5.74, 6) is 0.801. The van der Waals surface area contributed by atoms with Crippen LogP contribution in [0.5, 0.6) is 11.5 Å². The molecule has 0 spiro atoms. The molecule has 0 amide bonds. The number of rotatable bonds is 5. The van der Waals surface area contributed by atoms with Crippen LogP contribution >= 0.6 is 0 Å². The summed E-state index contributed by atoms with van der Waals surface area (Å²) in [5, 5.41) is 22.5. The van der Waals surface area contributed by atoms with Crippen molar-refractivity contribution in [2.45, 2.75) is 6.92 Å². The largest absolute Gasteiger partial charge is 0.504 e. The van der Waals surface area contributed by atoms with Gasteiger partial charge in [0.05, 0.1) is 13.3 Å². The van der Waals surface area contributed by atoms with E-state index in [2.05, 4.69) is 22.1 Å². The van der Waals surface area contributed by atoms with Gasteiger partial charge in [0.2, 0.25) is 11.6 Å². The minimum absolute atomic E-state index is 0.0423. The normalized spacial score (nSPS) is 10.4. The summed E-state index contributed by atoms with van der Waals surface area (Å²) in [7, 11) is 1.46. The van der Waals surface area contributed by atoms with E-state index in [0.29, 0.717) is 16.9 Å². The lowest BCUT2D eigenvalue weighted by Gasteiger charge is -2.03. The Morgan fingerprint density at radius 2 is 2.36 bits per heavy atom. The fraction of sp³-hybridized carbons (Fsp3) is 0.133. The van der Waals surface area contributed by atoms with Crippen LogP contribution in [0.15, 0.2) is 34.3 Å². The molecule has 0 saturated carbocycles. The van der Waals surface area contributed by atoms with Crippen LogP contribution in [-0.2, 0) is 0 Å². The fourth-order valence-electron chi connectivity index (χ4n) is 1.59. The van der Waals surface area contributed by atoms with Crippen molar-refractivity contribution in [2.75, 3.05) is 12.5 Å². The molecule has 112 valence electrons. The zero-order chi connectivity index (χ0) is 16.1. The summed E-state index contributed by atoms with van der Waals surface area (Å²) in [5.41, 5.74) is 4.01. The van der Waals surface area contributed by atoms with Gasteiger partial charge in [0.25, 0.3) is 5.88 Å². The number of oxazole rings is 1. The third-order valence-corrected chi connectivity index (χ3v) is 2.68. The molecule has 0 fully saturated rings. The van der Waals surface area contributed by atoms with E-state index >= 15 is 0 Å². The number of nitriles is 1. The lowest BCUT2D eigenvalue weighted by molar-refractivity contribution is 0.373. The van der Waals surface area contributed by atoms with Crippen molar-refractivity contribution >= 4 is 17.7 Å². The van der Waals surface area contributed by atoms with E-state index < -0.39 is 0 Å². The van der Waals surface area contributed by atoms with Crippen LogP contribution in [0.25, 0.3) is 5.57 Å². The second-order valence-electron chi connectivity index (χ2n) is 4.39. The van der Waals surface area contributed by atoms with E-state index in [9.17, 15) is 5.11 Å². The Morgan fingerprint density at radius 3 is 3.00 bits per heavy atom. The van der Waals surface area contributed by atoms with E-state index in [-0.39, 0.29) is 23.2 Å². The average molecular weight is 298 g/mol. The summed E-state index contributed by atoms with van der Waals surface area (Å²) in [6.45, 7) is 5.42. The van der Waals surface area contributed by atoms with Crippen molar-refractivity contribution in [3.05, 3.63) is 41.9 Å². The highest BCUT2D eigenvalue weighted by Gasteiger charge is 2.12. The van der Waals surface area contributed by atoms with Crippen LogP contribution in [0.1, 0.15) is 24.1 Å². The summed E-state index contributed by atoms with van der Waals surface area (Å²) in [4.78, 5) is 3.98. The summed E-state index contributed by atoms with van der Waals surface area (Å²) in [6.07, 6.45) is 1.49. The number of hydrogen-bond donors (Lipinski definition) is 2. The first-order valence-electron chi connectivity index (χ1n) is 6.28. The number of hydrazone groups is 1. The summed E-state index contributed by atoms with van der Waals surface area (Å²) >= 11 is 0. The van der Waals surface area contributed by atoms with Crippen molar-refractivity contribution < 1.29 is 14.3 Å². The number of anilines is 1. The van der Waals surface area contributed by atoms with Gasteiger partial charge in [-0.2, -0.15) is 15.3 Å². The molecule has 2 N–H and O–H groups in total. The standard InChI is InChI=1S/C15H14N4O3/c1-9(2)14-18-11(7-16)15(22-14)19-17-8-10-4-5-12(20)13(6-10)21-3/h4-6,8,19-20H,1H2,2-3H3/b17-8-. The fourth-order valence-corrected chi connectivity index (χ4v) is 1.59. The van der Waals surface area contributed by atoms with Crippen LogP contribution < -0.4 is 10.2 Å². The maximum Gasteiger partial charge on any atom is 0.252 e. The maximum absolute atomic E-state index is 9.51. The highest BCUT2D eigenvalue weighted by atomic mass is 16.5. The molecule has 0 saturated heterocycles. The van der Waals surface area contributed by atoms with E-state index in [1.807, 2.05) is 6.07 Å². The average Bonchev–Trinajstić information content (AvgIpc) is 2.92. The number of phenolic OH excluding ortho intramolecular Hbond substituents is 1. The molecule has 1 aromatic heterocycles. The number of aromatic hydroxyl groups is 1. The Labute approximate surface area is 127 Å². The monoisotopic (exact) mass is 298 g/mol. The third kappa shape index (κ3) is 3.24. The molecule has 0 unspecified atom stereocenters. The van der Waals surface area contributed by atoms with E-state index in [1.54, 1.807) is 19.1 Å². The molecule has 2 rings (SSSR count). The molecule has 1 heterocycles. The summed E-state index contributed by atoms with van der Waals surface area (Å²) in [6, 6.07) is 6.68. The first kappa shape index (κ1) is 15.1. The number of allylic oxidation sites excluding steroid dienone is 1. The lowest BCUT2D eigenvalue weighted by Crippen LogP contribution is -1.92. The molecule has 7 nitrogen and oxygen atoms in total. The second-order valence-corrected chi connectivity index (χ2v) is 4.39. The number of methoxy groups -OCH3 is 1. The number of ether oxygens (including phenoxy) is 1. The van der Waals surface area contributed by atoms with Gasteiger partial charge in [-0.15, -0.1) is 0 Å². The predicted octanol–water partition coefficient (Wildman–Crippen LogP) is 2.74. The second kappa shape index (κ2) is 6.45. The molecule has 0 radical (unpaired) electrons. The van der Waals surface area contributed by atoms with Crippen molar-refractivity contribution in [1.82, 2.24) is 4.98 Å². The summed E-state index contributed by atoms with van der Waals surface area (Å²) < 4.78 is 10.3. The van der Waals surface area contributed by atoms with Gasteiger partial charge >= 0.3 is 0 Å². The lowest BCUT2D eigenvalue weighted by atomic mass is 10.2. The van der Waals surface area contributed by atoms with Gasteiger partial charge in [0.15, 0.2) is 11.5 Å². The van der Waals surface area contributed by atoms with Gasteiger partial charge in [-0.1, -0.05) is 6.58 Å². The number of aromatic nitrogens is 1. The van der Waals surface area contributed by atoms with Crippen LogP contribution in [0, 0.1) is 11.3 Å². The Morgan fingerprint density at radius 1 is 1.59 bits per heavy atom. The van der Waals surface area contributed by atoms with Gasteiger partial charge in [0.1, 0.15) is 6.07 Å². The molecule has 7 heteroatoms.